The molecular formula is C20H20F2N4O2S. The second kappa shape index (κ2) is 9.51. The van der Waals surface area contributed by atoms with E-state index in [1.807, 2.05) is 31.2 Å². The lowest BCUT2D eigenvalue weighted by molar-refractivity contribution is -0.115. The van der Waals surface area contributed by atoms with E-state index in [0.717, 1.165) is 10.9 Å². The average Bonchev–Trinajstić information content (AvgIpc) is 2.69. The van der Waals surface area contributed by atoms with Gasteiger partial charge in [0.2, 0.25) is 5.91 Å². The zero-order chi connectivity index (χ0) is 20.8. The molecule has 0 aliphatic heterocycles. The molecule has 1 atom stereocenters. The molecule has 1 unspecified atom stereocenters. The van der Waals surface area contributed by atoms with Crippen LogP contribution in [-0.4, -0.2) is 34.3 Å². The molecule has 0 aliphatic rings. The Balaban J connectivity index is 1.76. The summed E-state index contributed by atoms with van der Waals surface area (Å²) in [6.45, 7) is 1.39. The van der Waals surface area contributed by atoms with Crippen molar-refractivity contribution in [3.63, 3.8) is 0 Å². The van der Waals surface area contributed by atoms with Gasteiger partial charge in [0.1, 0.15) is 11.6 Å². The van der Waals surface area contributed by atoms with Gasteiger partial charge >= 0.3 is 6.61 Å². The van der Waals surface area contributed by atoms with Crippen LogP contribution in [-0.2, 0) is 4.79 Å². The smallest absolute Gasteiger partial charge is 0.387 e. The normalized spacial score (nSPS) is 12.0. The molecule has 0 bridgehead atoms. The van der Waals surface area contributed by atoms with E-state index in [1.54, 1.807) is 19.1 Å². The molecule has 3 aromatic rings. The maximum absolute atomic E-state index is 12.6. The third-order valence-corrected chi connectivity index (χ3v) is 4.90. The Labute approximate surface area is 171 Å². The van der Waals surface area contributed by atoms with Crippen molar-refractivity contribution < 1.29 is 18.3 Å². The van der Waals surface area contributed by atoms with E-state index in [1.165, 1.54) is 23.9 Å². The number of hydrogen-bond acceptors (Lipinski definition) is 6. The maximum atomic E-state index is 12.6. The summed E-state index contributed by atoms with van der Waals surface area (Å²) >= 11 is 1.18. The number of hydrogen-bond donors (Lipinski definition) is 2. The highest BCUT2D eigenvalue weighted by atomic mass is 32.2. The zero-order valence-electron chi connectivity index (χ0n) is 15.9. The number of nitrogens with zero attached hydrogens (tertiary/aromatic N) is 2. The number of alkyl halides is 2. The molecule has 9 heteroatoms. The van der Waals surface area contributed by atoms with Gasteiger partial charge in [0.25, 0.3) is 0 Å². The third kappa shape index (κ3) is 5.32. The van der Waals surface area contributed by atoms with Gasteiger partial charge in [0.15, 0.2) is 5.16 Å². The molecular weight excluding hydrogens is 398 g/mol. The number of rotatable bonds is 8. The van der Waals surface area contributed by atoms with Crippen molar-refractivity contribution in [1.82, 2.24) is 9.97 Å². The van der Waals surface area contributed by atoms with Crippen LogP contribution in [0, 0.1) is 0 Å². The molecule has 0 spiro atoms. The maximum Gasteiger partial charge on any atom is 0.387 e. The molecule has 0 radical (unpaired) electrons. The largest absolute Gasteiger partial charge is 0.433 e. The monoisotopic (exact) mass is 418 g/mol. The van der Waals surface area contributed by atoms with E-state index in [9.17, 15) is 13.6 Å². The lowest BCUT2D eigenvalue weighted by Gasteiger charge is -2.15. The first-order chi connectivity index (χ1) is 14.0. The SMILES string of the molecule is CCNc1nc(SC(C)C(=O)Nc2ccccc2OC(F)F)nc2ccccc12. The second-order valence-electron chi connectivity index (χ2n) is 6.03. The number of benzene rings is 2. The quantitative estimate of drug-likeness (QED) is 0.405. The van der Waals surface area contributed by atoms with Crippen molar-refractivity contribution >= 4 is 40.1 Å². The highest BCUT2D eigenvalue weighted by Crippen LogP contribution is 2.29. The number of thioether (sulfide) groups is 1. The summed E-state index contributed by atoms with van der Waals surface area (Å²) in [5.74, 6) is 0.232. The molecule has 3 rings (SSSR count). The Kier molecular flexibility index (Phi) is 6.82. The Morgan fingerprint density at radius 1 is 1.14 bits per heavy atom. The van der Waals surface area contributed by atoms with Crippen LogP contribution in [0.25, 0.3) is 10.9 Å². The minimum absolute atomic E-state index is 0.0931. The predicted molar refractivity (Wildman–Crippen MR) is 111 cm³/mol. The van der Waals surface area contributed by atoms with E-state index in [4.69, 9.17) is 0 Å². The van der Waals surface area contributed by atoms with E-state index < -0.39 is 11.9 Å². The molecule has 0 saturated heterocycles. The molecule has 1 heterocycles. The van der Waals surface area contributed by atoms with E-state index >= 15 is 0 Å². The highest BCUT2D eigenvalue weighted by Gasteiger charge is 2.19. The first kappa shape index (κ1) is 20.8. The van der Waals surface area contributed by atoms with Crippen LogP contribution in [0.2, 0.25) is 0 Å². The molecule has 1 aromatic heterocycles. The summed E-state index contributed by atoms with van der Waals surface area (Å²) < 4.78 is 29.5. The second-order valence-corrected chi connectivity index (χ2v) is 7.33. The Hall–Kier alpha value is -2.94. The van der Waals surface area contributed by atoms with Crippen molar-refractivity contribution in [1.29, 1.82) is 0 Å². The molecule has 29 heavy (non-hydrogen) atoms. The summed E-state index contributed by atoms with van der Waals surface area (Å²) in [6, 6.07) is 13.7. The number of amides is 1. The number of fused-ring (bicyclic) bond motifs is 1. The molecule has 0 saturated carbocycles. The van der Waals surface area contributed by atoms with Gasteiger partial charge in [0.05, 0.1) is 16.5 Å². The van der Waals surface area contributed by atoms with Gasteiger partial charge in [-0.05, 0) is 38.1 Å². The summed E-state index contributed by atoms with van der Waals surface area (Å²) in [4.78, 5) is 21.6. The molecule has 2 N–H and O–H groups in total. The van der Waals surface area contributed by atoms with E-state index in [0.29, 0.717) is 17.5 Å². The Morgan fingerprint density at radius 2 is 1.86 bits per heavy atom. The summed E-state index contributed by atoms with van der Waals surface area (Å²) in [6.07, 6.45) is 0. The molecule has 6 nitrogen and oxygen atoms in total. The zero-order valence-corrected chi connectivity index (χ0v) is 16.7. The van der Waals surface area contributed by atoms with Crippen molar-refractivity contribution in [2.24, 2.45) is 0 Å². The molecule has 0 aliphatic carbocycles. The van der Waals surface area contributed by atoms with Crippen LogP contribution in [0.3, 0.4) is 0 Å². The lowest BCUT2D eigenvalue weighted by atomic mass is 10.2. The third-order valence-electron chi connectivity index (χ3n) is 3.94. The van der Waals surface area contributed by atoms with Crippen LogP contribution in [0.5, 0.6) is 5.75 Å². The fourth-order valence-corrected chi connectivity index (χ4v) is 3.40. The summed E-state index contributed by atoms with van der Waals surface area (Å²) in [7, 11) is 0. The van der Waals surface area contributed by atoms with Crippen LogP contribution >= 0.6 is 11.8 Å². The number of para-hydroxylation sites is 3. The lowest BCUT2D eigenvalue weighted by Crippen LogP contribution is -2.23. The van der Waals surface area contributed by atoms with Gasteiger partial charge in [-0.3, -0.25) is 4.79 Å². The van der Waals surface area contributed by atoms with Gasteiger partial charge in [-0.15, -0.1) is 0 Å². The minimum Gasteiger partial charge on any atom is -0.433 e. The van der Waals surface area contributed by atoms with Gasteiger partial charge in [-0.2, -0.15) is 8.78 Å². The van der Waals surface area contributed by atoms with Crippen molar-refractivity contribution in [2.45, 2.75) is 30.9 Å². The molecule has 2 aromatic carbocycles. The number of carbonyl (C=O) groups excluding carboxylic acids is 1. The van der Waals surface area contributed by atoms with Gasteiger partial charge < -0.3 is 15.4 Å². The average molecular weight is 418 g/mol. The number of halogens is 2. The number of nitrogens with one attached hydrogen (secondary N) is 2. The fraction of sp³-hybridized carbons (Fsp3) is 0.250. The Bertz CT molecular complexity index is 1000. The van der Waals surface area contributed by atoms with Crippen molar-refractivity contribution in [2.75, 3.05) is 17.2 Å². The fourth-order valence-electron chi connectivity index (χ4n) is 2.62. The van der Waals surface area contributed by atoms with Crippen LogP contribution in [0.4, 0.5) is 20.3 Å². The van der Waals surface area contributed by atoms with Gasteiger partial charge in [-0.1, -0.05) is 36.0 Å². The van der Waals surface area contributed by atoms with Crippen LogP contribution in [0.1, 0.15) is 13.8 Å². The first-order valence-electron chi connectivity index (χ1n) is 9.00. The van der Waals surface area contributed by atoms with Gasteiger partial charge in [0, 0.05) is 11.9 Å². The van der Waals surface area contributed by atoms with Crippen molar-refractivity contribution in [3.05, 3.63) is 48.5 Å². The molecule has 0 fully saturated rings. The summed E-state index contributed by atoms with van der Waals surface area (Å²) in [5, 5.41) is 6.61. The number of anilines is 2. The Morgan fingerprint density at radius 3 is 2.62 bits per heavy atom. The van der Waals surface area contributed by atoms with Gasteiger partial charge in [-0.25, -0.2) is 9.97 Å². The minimum atomic E-state index is -2.98. The molecule has 1 amide bonds. The first-order valence-corrected chi connectivity index (χ1v) is 9.88. The standard InChI is InChI=1S/C20H20F2N4O2S/c1-3-23-17-13-8-4-5-9-14(13)25-20(26-17)29-12(2)18(27)24-15-10-6-7-11-16(15)28-19(21)22/h4-12,19H,3H2,1-2H3,(H,24,27)(H,23,25,26). The van der Waals surface area contributed by atoms with E-state index in [2.05, 4.69) is 25.3 Å². The van der Waals surface area contributed by atoms with Crippen molar-refractivity contribution in [3.8, 4) is 5.75 Å². The van der Waals surface area contributed by atoms with Crippen LogP contribution < -0.4 is 15.4 Å². The highest BCUT2D eigenvalue weighted by molar-refractivity contribution is 8.00. The number of aromatic nitrogens is 2. The number of carbonyl (C=O) groups is 1. The van der Waals surface area contributed by atoms with E-state index in [-0.39, 0.29) is 17.3 Å². The predicted octanol–water partition coefficient (Wildman–Crippen LogP) is 4.78. The number of ether oxygens (including phenoxy) is 1. The summed E-state index contributed by atoms with van der Waals surface area (Å²) in [5.41, 5.74) is 0.947. The molecule has 152 valence electrons. The topological polar surface area (TPSA) is 76.1 Å². The van der Waals surface area contributed by atoms with Crippen LogP contribution in [0.15, 0.2) is 53.7 Å².